The molecule has 0 aromatic heterocycles. The summed E-state index contributed by atoms with van der Waals surface area (Å²) in [6.45, 7) is 0. The number of nitro benzene ring substituents is 1. The van der Waals surface area contributed by atoms with Gasteiger partial charge in [0, 0.05) is 6.07 Å². The van der Waals surface area contributed by atoms with Crippen molar-refractivity contribution in [1.82, 2.24) is 10.3 Å². The van der Waals surface area contributed by atoms with Gasteiger partial charge in [-0.15, -0.1) is 4.83 Å². The number of carbonyl (C=O) groups excluding carboxylic acids is 1. The highest BCUT2D eigenvalue weighted by Gasteiger charge is 2.25. The Morgan fingerprint density at radius 2 is 1.70 bits per heavy atom. The van der Waals surface area contributed by atoms with E-state index in [0.717, 1.165) is 24.3 Å². The number of carbonyl (C=O) groups is 1. The van der Waals surface area contributed by atoms with Crippen LogP contribution in [0.4, 0.5) is 10.1 Å². The summed E-state index contributed by atoms with van der Waals surface area (Å²) in [6, 6.07) is 9.56. The van der Waals surface area contributed by atoms with Gasteiger partial charge in [0.15, 0.2) is 4.90 Å². The Hall–Kier alpha value is -2.85. The second-order valence-corrected chi connectivity index (χ2v) is 5.92. The maximum absolute atomic E-state index is 13.4. The maximum atomic E-state index is 13.4. The number of hydrogen-bond donors (Lipinski definition) is 2. The highest BCUT2D eigenvalue weighted by molar-refractivity contribution is 7.89. The third-order valence-corrected chi connectivity index (χ3v) is 4.06. The van der Waals surface area contributed by atoms with Crippen LogP contribution >= 0.6 is 0 Å². The Morgan fingerprint density at radius 1 is 1.09 bits per heavy atom. The molecule has 1 amide bonds. The molecule has 0 fully saturated rings. The predicted octanol–water partition coefficient (Wildman–Crippen LogP) is 1.36. The molecular weight excluding hydrogens is 329 g/mol. The molecule has 0 aliphatic heterocycles. The molecular formula is C13H10FN3O5S. The van der Waals surface area contributed by atoms with Crippen molar-refractivity contribution in [2.75, 3.05) is 0 Å². The zero-order chi connectivity index (χ0) is 17.0. The average Bonchev–Trinajstić information content (AvgIpc) is 2.53. The van der Waals surface area contributed by atoms with Gasteiger partial charge in [-0.1, -0.05) is 24.3 Å². The van der Waals surface area contributed by atoms with Crippen molar-refractivity contribution in [2.24, 2.45) is 0 Å². The third kappa shape index (κ3) is 3.67. The van der Waals surface area contributed by atoms with Crippen LogP contribution in [-0.2, 0) is 10.0 Å². The van der Waals surface area contributed by atoms with Crippen LogP contribution in [0.2, 0.25) is 0 Å². The molecule has 0 aliphatic rings. The highest BCUT2D eigenvalue weighted by atomic mass is 32.2. The third-order valence-electron chi connectivity index (χ3n) is 2.77. The summed E-state index contributed by atoms with van der Waals surface area (Å²) in [6.07, 6.45) is 0. The van der Waals surface area contributed by atoms with Crippen LogP contribution in [-0.4, -0.2) is 19.2 Å². The molecule has 0 saturated carbocycles. The number of nitrogens with zero attached hydrogens (tertiary/aromatic N) is 1. The first-order valence-electron chi connectivity index (χ1n) is 6.13. The van der Waals surface area contributed by atoms with Crippen LogP contribution in [0, 0.1) is 15.9 Å². The van der Waals surface area contributed by atoms with E-state index >= 15 is 0 Å². The molecule has 0 heterocycles. The standard InChI is InChI=1S/C13H10FN3O5S/c14-10-6-2-1-5-9(10)13(18)15-16-23(21,22)12-8-4-3-7-11(12)17(19)20/h1-8,16H,(H,15,18). The fraction of sp³-hybridized carbons (Fsp3) is 0. The van der Waals surface area contributed by atoms with Crippen LogP contribution in [0.3, 0.4) is 0 Å². The number of hydrazine groups is 1. The topological polar surface area (TPSA) is 118 Å². The van der Waals surface area contributed by atoms with Crippen LogP contribution in [0.25, 0.3) is 0 Å². The first kappa shape index (κ1) is 16.5. The van der Waals surface area contributed by atoms with Gasteiger partial charge in [-0.05, 0) is 18.2 Å². The van der Waals surface area contributed by atoms with Crippen molar-refractivity contribution in [2.45, 2.75) is 4.90 Å². The summed E-state index contributed by atoms with van der Waals surface area (Å²) in [5, 5.41) is 10.8. The van der Waals surface area contributed by atoms with Crippen molar-refractivity contribution in [3.63, 3.8) is 0 Å². The number of nitro groups is 1. The van der Waals surface area contributed by atoms with E-state index in [1.54, 1.807) is 10.3 Å². The van der Waals surface area contributed by atoms with Gasteiger partial charge in [0.05, 0.1) is 10.5 Å². The number of para-hydroxylation sites is 1. The molecule has 2 rings (SSSR count). The fourth-order valence-corrected chi connectivity index (χ4v) is 2.73. The minimum absolute atomic E-state index is 0.377. The minimum atomic E-state index is -4.40. The second-order valence-electron chi connectivity index (χ2n) is 4.26. The van der Waals surface area contributed by atoms with Crippen LogP contribution < -0.4 is 10.3 Å². The smallest absolute Gasteiger partial charge is 0.273 e. The largest absolute Gasteiger partial charge is 0.289 e. The van der Waals surface area contributed by atoms with Gasteiger partial charge in [0.25, 0.3) is 21.6 Å². The lowest BCUT2D eigenvalue weighted by molar-refractivity contribution is -0.387. The van der Waals surface area contributed by atoms with Gasteiger partial charge in [-0.3, -0.25) is 20.3 Å². The molecule has 0 saturated heterocycles. The highest BCUT2D eigenvalue weighted by Crippen LogP contribution is 2.22. The molecule has 0 aliphatic carbocycles. The molecule has 120 valence electrons. The van der Waals surface area contributed by atoms with E-state index in [1.165, 1.54) is 24.3 Å². The number of rotatable bonds is 5. The summed E-state index contributed by atoms with van der Waals surface area (Å²) >= 11 is 0. The van der Waals surface area contributed by atoms with Crippen molar-refractivity contribution in [1.29, 1.82) is 0 Å². The van der Waals surface area contributed by atoms with Crippen LogP contribution in [0.5, 0.6) is 0 Å². The van der Waals surface area contributed by atoms with Crippen LogP contribution in [0.15, 0.2) is 53.4 Å². The molecule has 2 aromatic rings. The van der Waals surface area contributed by atoms with Gasteiger partial charge in [-0.25, -0.2) is 12.8 Å². The Bertz CT molecular complexity index is 869. The molecule has 8 nitrogen and oxygen atoms in total. The molecule has 0 bridgehead atoms. The lowest BCUT2D eigenvalue weighted by Crippen LogP contribution is -2.42. The first-order valence-corrected chi connectivity index (χ1v) is 7.61. The molecule has 2 N–H and O–H groups in total. The number of amides is 1. The molecule has 2 aromatic carbocycles. The predicted molar refractivity (Wildman–Crippen MR) is 77.3 cm³/mol. The quantitative estimate of drug-likeness (QED) is 0.630. The summed E-state index contributed by atoms with van der Waals surface area (Å²) in [7, 11) is -4.40. The lowest BCUT2D eigenvalue weighted by atomic mass is 10.2. The van der Waals surface area contributed by atoms with Crippen molar-refractivity contribution < 1.29 is 22.5 Å². The molecule has 0 unspecified atom stereocenters. The minimum Gasteiger partial charge on any atom is -0.273 e. The van der Waals surface area contributed by atoms with Gasteiger partial charge in [0.1, 0.15) is 5.82 Å². The van der Waals surface area contributed by atoms with E-state index in [4.69, 9.17) is 0 Å². The zero-order valence-electron chi connectivity index (χ0n) is 11.4. The second kappa shape index (κ2) is 6.50. The molecule has 23 heavy (non-hydrogen) atoms. The summed E-state index contributed by atoms with van der Waals surface area (Å²) in [4.78, 5) is 22.8. The molecule has 0 radical (unpaired) electrons. The van der Waals surface area contributed by atoms with E-state index in [-0.39, 0.29) is 5.56 Å². The first-order chi connectivity index (χ1) is 10.8. The average molecular weight is 339 g/mol. The van der Waals surface area contributed by atoms with Gasteiger partial charge < -0.3 is 0 Å². The summed E-state index contributed by atoms with van der Waals surface area (Å²) in [5.74, 6) is -1.87. The SMILES string of the molecule is O=C(NNS(=O)(=O)c1ccccc1[N+](=O)[O-])c1ccccc1F. The number of hydrogen-bond acceptors (Lipinski definition) is 5. The number of halogens is 1. The fourth-order valence-electron chi connectivity index (χ4n) is 1.72. The Kier molecular flexibility index (Phi) is 4.67. The lowest BCUT2D eigenvalue weighted by Gasteiger charge is -2.09. The van der Waals surface area contributed by atoms with Gasteiger partial charge in [-0.2, -0.15) is 0 Å². The van der Waals surface area contributed by atoms with Crippen LogP contribution in [0.1, 0.15) is 10.4 Å². The maximum Gasteiger partial charge on any atom is 0.289 e. The molecule has 0 spiro atoms. The van der Waals surface area contributed by atoms with Crippen molar-refractivity contribution >= 4 is 21.6 Å². The van der Waals surface area contributed by atoms with Gasteiger partial charge >= 0.3 is 0 Å². The monoisotopic (exact) mass is 339 g/mol. The normalized spacial score (nSPS) is 11.0. The van der Waals surface area contributed by atoms with E-state index < -0.39 is 37.3 Å². The van der Waals surface area contributed by atoms with Crippen molar-refractivity contribution in [3.8, 4) is 0 Å². The zero-order valence-corrected chi connectivity index (χ0v) is 12.2. The van der Waals surface area contributed by atoms with E-state index in [0.29, 0.717) is 0 Å². The van der Waals surface area contributed by atoms with E-state index in [9.17, 15) is 27.7 Å². The van der Waals surface area contributed by atoms with Gasteiger partial charge in [0.2, 0.25) is 0 Å². The molecule has 0 atom stereocenters. The Labute approximate surface area is 130 Å². The number of benzene rings is 2. The Morgan fingerprint density at radius 3 is 2.35 bits per heavy atom. The molecule has 10 heteroatoms. The summed E-state index contributed by atoms with van der Waals surface area (Å²) in [5.41, 5.74) is 0.775. The number of sulfonamides is 1. The Balaban J connectivity index is 2.22. The van der Waals surface area contributed by atoms with Crippen molar-refractivity contribution in [3.05, 3.63) is 70.0 Å². The van der Waals surface area contributed by atoms with E-state index in [2.05, 4.69) is 0 Å². The summed E-state index contributed by atoms with van der Waals surface area (Å²) < 4.78 is 37.5. The van der Waals surface area contributed by atoms with E-state index in [1.807, 2.05) is 0 Å². The number of nitrogens with one attached hydrogen (secondary N) is 2.